The summed E-state index contributed by atoms with van der Waals surface area (Å²) in [4.78, 5) is 20.9. The molecule has 2 nitrogen and oxygen atoms in total. The SMILES string of the molecule is CCC(C)(C)P(C[C]12[CH]3[CH]4[CH]5[C]1(CP(c1ccccn1)c1ccccn1)[Fe]45321678[CH]2[CH]1[CH]6[CH]7[CH]28)C(C)(C)CC. The molecule has 12 heterocycles. The summed E-state index contributed by atoms with van der Waals surface area (Å²) < 4.78 is 1.75. The molecule has 10 aliphatic heterocycles. The molecular weight excluding hydrogens is 530 g/mol. The second-order valence-electron chi connectivity index (χ2n) is 17.9. The Hall–Kier alpha value is -0.321. The van der Waals surface area contributed by atoms with Gasteiger partial charge in [0.05, 0.1) is 0 Å². The molecule has 0 aliphatic carbocycles. The van der Waals surface area contributed by atoms with Gasteiger partial charge in [-0.05, 0) is 0 Å². The zero-order valence-electron chi connectivity index (χ0n) is 23.2. The molecule has 2 aromatic heterocycles. The zero-order chi connectivity index (χ0) is 25.1. The van der Waals surface area contributed by atoms with E-state index in [0.29, 0.717) is 10.3 Å². The van der Waals surface area contributed by atoms with Gasteiger partial charge in [0.1, 0.15) is 0 Å². The van der Waals surface area contributed by atoms with Crippen molar-refractivity contribution in [2.24, 2.45) is 0 Å². The third-order valence-corrected chi connectivity index (χ3v) is 72.7. The maximum absolute atomic E-state index is 5.04. The van der Waals surface area contributed by atoms with Crippen LogP contribution in [-0.4, -0.2) is 32.6 Å². The van der Waals surface area contributed by atoms with E-state index in [4.69, 9.17) is 9.97 Å². The molecule has 0 amide bonds. The number of aromatic nitrogens is 2. The molecule has 1 spiro atoms. The minimum atomic E-state index is -3.55. The van der Waals surface area contributed by atoms with E-state index in [9.17, 15) is 0 Å². The molecule has 2 aromatic rings. The van der Waals surface area contributed by atoms with Gasteiger partial charge in [-0.15, -0.1) is 0 Å². The van der Waals surface area contributed by atoms with Crippen molar-refractivity contribution in [2.75, 3.05) is 12.3 Å². The fourth-order valence-electron chi connectivity index (χ4n) is 21.8. The predicted octanol–water partition coefficient (Wildman–Crippen LogP) is 8.90. The first-order chi connectivity index (χ1) is 17.5. The Labute approximate surface area is 215 Å². The summed E-state index contributed by atoms with van der Waals surface area (Å²) in [6, 6.07) is 13.4. The number of pyridine rings is 2. The van der Waals surface area contributed by atoms with E-state index in [1.807, 2.05) is 0 Å². The molecule has 10 saturated heterocycles. The van der Waals surface area contributed by atoms with Gasteiger partial charge in [-0.2, -0.15) is 0 Å². The fourth-order valence-corrected chi connectivity index (χ4v) is 112. The van der Waals surface area contributed by atoms with Crippen LogP contribution in [0.5, 0.6) is 0 Å². The number of hydrogen-bond acceptors (Lipinski definition) is 2. The van der Waals surface area contributed by atoms with Crippen molar-refractivity contribution in [1.29, 1.82) is 0 Å². The van der Waals surface area contributed by atoms with Gasteiger partial charge in [0, 0.05) is 0 Å². The minimum absolute atomic E-state index is 0.00783. The molecule has 5 unspecified atom stereocenters. The second kappa shape index (κ2) is 3.05. The summed E-state index contributed by atoms with van der Waals surface area (Å²) >= 11 is 0. The topological polar surface area (TPSA) is 25.8 Å². The number of rotatable bonds is 10. The zero-order valence-corrected chi connectivity index (χ0v) is 26.1. The van der Waals surface area contributed by atoms with Crippen LogP contribution in [0.2, 0.25) is 47.2 Å². The first-order valence-corrected chi connectivity index (χ1v) is 24.3. The van der Waals surface area contributed by atoms with Crippen molar-refractivity contribution in [2.45, 2.75) is 112 Å². The van der Waals surface area contributed by atoms with Gasteiger partial charge in [-0.25, -0.2) is 0 Å². The molecule has 0 aromatic carbocycles. The van der Waals surface area contributed by atoms with Crippen LogP contribution in [0.25, 0.3) is 0 Å². The average molecular weight is 572 g/mol. The molecule has 5 heteroatoms. The van der Waals surface area contributed by atoms with Crippen molar-refractivity contribution >= 4 is 26.7 Å². The third kappa shape index (κ3) is 0.521. The molecule has 0 bridgehead atoms. The molecule has 0 N–H and O–H groups in total. The Morgan fingerprint density at radius 1 is 0.703 bits per heavy atom. The van der Waals surface area contributed by atoms with Crippen molar-refractivity contribution < 1.29 is 6.51 Å². The number of hydrogen-bond donors (Lipinski definition) is 0. The van der Waals surface area contributed by atoms with Gasteiger partial charge < -0.3 is 0 Å². The first kappa shape index (κ1) is 20.5. The summed E-state index contributed by atoms with van der Waals surface area (Å²) in [5.41, 5.74) is 2.74. The Morgan fingerprint density at radius 3 is 1.51 bits per heavy atom. The monoisotopic (exact) mass is 572 g/mol. The van der Waals surface area contributed by atoms with Crippen LogP contribution >= 0.6 is 15.8 Å². The molecule has 5 atom stereocenters. The van der Waals surface area contributed by atoms with Crippen LogP contribution in [0.1, 0.15) is 54.4 Å². The van der Waals surface area contributed by atoms with Gasteiger partial charge in [-0.3, -0.25) is 0 Å². The molecule has 10 fully saturated rings. The Balaban J connectivity index is 1.08. The average Bonchev–Trinajstić information content (AvgIpc) is 3.86. The summed E-state index contributed by atoms with van der Waals surface area (Å²) in [6.07, 6.45) is 10.0. The van der Waals surface area contributed by atoms with Crippen LogP contribution in [0, 0.1) is 0 Å². The molecule has 10 aliphatic rings. The summed E-state index contributed by atoms with van der Waals surface area (Å²) in [6.45, 7) is 12.1. The normalized spacial score (nSPS) is 64.3. The van der Waals surface area contributed by atoms with E-state index in [1.54, 1.807) is 6.16 Å². The van der Waals surface area contributed by atoms with E-state index in [1.165, 1.54) is 68.4 Å². The van der Waals surface area contributed by atoms with Crippen LogP contribution in [-0.2, 0) is 6.51 Å². The number of fused-ring (bicyclic) bond motifs is 10. The van der Waals surface area contributed by atoms with E-state index >= 15 is 0 Å². The van der Waals surface area contributed by atoms with E-state index in [2.05, 4.69) is 90.3 Å². The predicted molar refractivity (Wildman–Crippen MR) is 155 cm³/mol. The molecule has 12 rings (SSSR count). The van der Waals surface area contributed by atoms with E-state index in [-0.39, 0.29) is 7.92 Å². The second-order valence-corrected chi connectivity index (χ2v) is 47.0. The third-order valence-electron chi connectivity index (χ3n) is 21.3. The Kier molecular flexibility index (Phi) is 1.69. The van der Waals surface area contributed by atoms with Gasteiger partial charge in [0.2, 0.25) is 0 Å². The van der Waals surface area contributed by atoms with E-state index < -0.39 is 14.4 Å². The van der Waals surface area contributed by atoms with E-state index in [0.717, 1.165) is 8.63 Å². The van der Waals surface area contributed by atoms with Gasteiger partial charge in [0.25, 0.3) is 0 Å². The van der Waals surface area contributed by atoms with Crippen LogP contribution in [0.15, 0.2) is 48.8 Å². The Morgan fingerprint density at radius 2 is 1.16 bits per heavy atom. The van der Waals surface area contributed by atoms with Crippen molar-refractivity contribution in [3.63, 3.8) is 0 Å². The summed E-state index contributed by atoms with van der Waals surface area (Å²) in [5, 5.41) is 1.01. The Bertz CT molecular complexity index is 1750. The molecular formula is C32H42FeN2P2. The number of nitrogens with zero attached hydrogens (tertiary/aromatic N) is 2. The van der Waals surface area contributed by atoms with Crippen LogP contribution in [0.3, 0.4) is 0 Å². The molecule has 0 radical (unpaired) electrons. The molecule has 198 valence electrons. The van der Waals surface area contributed by atoms with Gasteiger partial charge in [-0.1, -0.05) is 0 Å². The van der Waals surface area contributed by atoms with Crippen molar-refractivity contribution in [3.05, 3.63) is 48.8 Å². The maximum atomic E-state index is 5.04. The fraction of sp³-hybridized carbons (Fsp3) is 0.688. The van der Waals surface area contributed by atoms with Gasteiger partial charge in [0.15, 0.2) is 0 Å². The first-order valence-electron chi connectivity index (χ1n) is 15.0. The summed E-state index contributed by atoms with van der Waals surface area (Å²) in [7, 11) is -0.465. The van der Waals surface area contributed by atoms with Crippen molar-refractivity contribution in [1.82, 2.24) is 9.97 Å². The standard InChI is InChI=1S/C27H37N2P2.C5H5.Fe/c1-7-26(3,4)31(27(5,6)8-2)21-23-15-13-14-22(23)20-30(24-16-9-11-18-28-24)25-17-10-12-19-29-25;1-2-4-5-3-1;/h9-19H,7-8,20-21H2,1-6H3;1-5H;. The van der Waals surface area contributed by atoms with Gasteiger partial charge >= 0.3 is 216 Å². The van der Waals surface area contributed by atoms with Crippen LogP contribution < -0.4 is 10.9 Å². The molecule has 0 saturated carbocycles. The molecule has 37 heavy (non-hydrogen) atoms. The van der Waals surface area contributed by atoms with Crippen molar-refractivity contribution in [3.8, 4) is 0 Å². The summed E-state index contributed by atoms with van der Waals surface area (Å²) in [5.74, 6) is 0. The van der Waals surface area contributed by atoms with Crippen LogP contribution in [0.4, 0.5) is 0 Å². The quantitative estimate of drug-likeness (QED) is 0.210.